The Bertz CT molecular complexity index is 525. The Kier molecular flexibility index (Phi) is 4.41. The van der Waals surface area contributed by atoms with Gasteiger partial charge in [0.1, 0.15) is 12.0 Å². The Balaban J connectivity index is 1.99. The van der Waals surface area contributed by atoms with Crippen molar-refractivity contribution < 1.29 is 14.1 Å². The van der Waals surface area contributed by atoms with E-state index in [1.165, 1.54) is 6.26 Å². The topological polar surface area (TPSA) is 64.4 Å². The summed E-state index contributed by atoms with van der Waals surface area (Å²) in [6, 6.07) is 8.41. The largest absolute Gasteiger partial charge is 0.481 e. The van der Waals surface area contributed by atoms with E-state index in [-0.39, 0.29) is 5.91 Å². The van der Waals surface area contributed by atoms with Gasteiger partial charge in [0, 0.05) is 11.1 Å². The maximum absolute atomic E-state index is 12.0. The van der Waals surface area contributed by atoms with Crippen LogP contribution in [0.1, 0.15) is 13.3 Å². The Morgan fingerprint density at radius 2 is 2.16 bits per heavy atom. The van der Waals surface area contributed by atoms with Crippen molar-refractivity contribution in [3.63, 3.8) is 0 Å². The fraction of sp³-hybridized carbons (Fsp3) is 0.231. The van der Waals surface area contributed by atoms with Crippen molar-refractivity contribution in [1.82, 2.24) is 5.16 Å². The predicted octanol–water partition coefficient (Wildman–Crippen LogP) is 3.12. The van der Waals surface area contributed by atoms with E-state index in [2.05, 4.69) is 15.0 Å². The third kappa shape index (κ3) is 3.72. The molecule has 1 heterocycles. The van der Waals surface area contributed by atoms with Gasteiger partial charge in [-0.25, -0.2) is 0 Å². The smallest absolute Gasteiger partial charge is 0.266 e. The van der Waals surface area contributed by atoms with Crippen molar-refractivity contribution >= 4 is 23.3 Å². The third-order valence-electron chi connectivity index (χ3n) is 2.44. The van der Waals surface area contributed by atoms with Crippen LogP contribution in [0.3, 0.4) is 0 Å². The summed E-state index contributed by atoms with van der Waals surface area (Å²) in [7, 11) is 0. The summed E-state index contributed by atoms with van der Waals surface area (Å²) >= 11 is 5.79. The standard InChI is InChI=1S/C13H13ClN2O3/c1-2-11(13(17)15-12-7-8-18-16-12)19-10-5-3-9(14)4-6-10/h3-8,11H,2H2,1H3,(H,15,16,17). The lowest BCUT2D eigenvalue weighted by molar-refractivity contribution is -0.122. The van der Waals surface area contributed by atoms with E-state index in [0.717, 1.165) is 0 Å². The first-order valence-corrected chi connectivity index (χ1v) is 6.20. The number of hydrogen-bond acceptors (Lipinski definition) is 4. The fourth-order valence-electron chi connectivity index (χ4n) is 1.48. The maximum Gasteiger partial charge on any atom is 0.266 e. The van der Waals surface area contributed by atoms with E-state index >= 15 is 0 Å². The minimum absolute atomic E-state index is 0.272. The fourth-order valence-corrected chi connectivity index (χ4v) is 1.61. The zero-order valence-corrected chi connectivity index (χ0v) is 11.1. The molecule has 0 aliphatic heterocycles. The van der Waals surface area contributed by atoms with Crippen molar-refractivity contribution in [3.8, 4) is 5.75 Å². The van der Waals surface area contributed by atoms with Gasteiger partial charge in [-0.1, -0.05) is 23.7 Å². The lowest BCUT2D eigenvalue weighted by atomic mass is 10.2. The number of carbonyl (C=O) groups excluding carboxylic acids is 1. The second kappa shape index (κ2) is 6.24. The number of rotatable bonds is 5. The van der Waals surface area contributed by atoms with Gasteiger partial charge < -0.3 is 14.6 Å². The first-order valence-electron chi connectivity index (χ1n) is 5.82. The van der Waals surface area contributed by atoms with E-state index < -0.39 is 6.10 Å². The molecule has 1 unspecified atom stereocenters. The number of benzene rings is 1. The summed E-state index contributed by atoms with van der Waals surface area (Å²) in [4.78, 5) is 12.0. The van der Waals surface area contributed by atoms with Gasteiger partial charge in [-0.3, -0.25) is 4.79 Å². The summed E-state index contributed by atoms with van der Waals surface area (Å²) < 4.78 is 10.2. The maximum atomic E-state index is 12.0. The molecule has 0 saturated carbocycles. The molecule has 0 radical (unpaired) electrons. The van der Waals surface area contributed by atoms with Crippen LogP contribution in [0.25, 0.3) is 0 Å². The number of nitrogens with one attached hydrogen (secondary N) is 1. The highest BCUT2D eigenvalue weighted by Crippen LogP contribution is 2.18. The van der Waals surface area contributed by atoms with Gasteiger partial charge in [-0.15, -0.1) is 0 Å². The lowest BCUT2D eigenvalue weighted by Gasteiger charge is -2.16. The Morgan fingerprint density at radius 1 is 1.42 bits per heavy atom. The van der Waals surface area contributed by atoms with E-state index in [4.69, 9.17) is 16.3 Å². The second-order valence-electron chi connectivity index (χ2n) is 3.84. The zero-order valence-electron chi connectivity index (χ0n) is 10.3. The van der Waals surface area contributed by atoms with Crippen molar-refractivity contribution in [1.29, 1.82) is 0 Å². The summed E-state index contributed by atoms with van der Waals surface area (Å²) in [6.45, 7) is 1.86. The van der Waals surface area contributed by atoms with Crippen LogP contribution >= 0.6 is 11.6 Å². The molecule has 5 nitrogen and oxygen atoms in total. The van der Waals surface area contributed by atoms with Crippen molar-refractivity contribution in [2.24, 2.45) is 0 Å². The van der Waals surface area contributed by atoms with Crippen LogP contribution in [-0.2, 0) is 4.79 Å². The average Bonchev–Trinajstić information content (AvgIpc) is 2.90. The third-order valence-corrected chi connectivity index (χ3v) is 2.70. The number of anilines is 1. The highest BCUT2D eigenvalue weighted by atomic mass is 35.5. The highest BCUT2D eigenvalue weighted by Gasteiger charge is 2.19. The average molecular weight is 281 g/mol. The number of nitrogens with zero attached hydrogens (tertiary/aromatic N) is 1. The van der Waals surface area contributed by atoms with Crippen molar-refractivity contribution in [2.75, 3.05) is 5.32 Å². The molecule has 0 bridgehead atoms. The molecule has 0 aliphatic carbocycles. The minimum atomic E-state index is -0.599. The lowest BCUT2D eigenvalue weighted by Crippen LogP contribution is -2.32. The van der Waals surface area contributed by atoms with Crippen LogP contribution < -0.4 is 10.1 Å². The van der Waals surface area contributed by atoms with E-state index in [9.17, 15) is 4.79 Å². The molecule has 19 heavy (non-hydrogen) atoms. The summed E-state index contributed by atoms with van der Waals surface area (Å²) in [5, 5.41) is 6.84. The molecule has 1 N–H and O–H groups in total. The van der Waals surface area contributed by atoms with Gasteiger partial charge in [0.15, 0.2) is 11.9 Å². The van der Waals surface area contributed by atoms with Gasteiger partial charge >= 0.3 is 0 Å². The summed E-state index contributed by atoms with van der Waals surface area (Å²) in [5.74, 6) is 0.682. The molecule has 2 aromatic rings. The molecular formula is C13H13ClN2O3. The number of amides is 1. The molecule has 0 saturated heterocycles. The zero-order chi connectivity index (χ0) is 13.7. The Labute approximate surface area is 115 Å². The van der Waals surface area contributed by atoms with Crippen LogP contribution in [-0.4, -0.2) is 17.2 Å². The van der Waals surface area contributed by atoms with Gasteiger partial charge in [-0.2, -0.15) is 0 Å². The number of aromatic nitrogens is 1. The monoisotopic (exact) mass is 280 g/mol. The molecule has 1 aromatic carbocycles. The van der Waals surface area contributed by atoms with E-state index in [0.29, 0.717) is 23.0 Å². The molecular weight excluding hydrogens is 268 g/mol. The number of hydrogen-bond donors (Lipinski definition) is 1. The molecule has 1 amide bonds. The van der Waals surface area contributed by atoms with Gasteiger partial charge in [-0.05, 0) is 30.7 Å². The summed E-state index contributed by atoms with van der Waals surface area (Å²) in [6.07, 6.45) is 1.32. The molecule has 0 spiro atoms. The highest BCUT2D eigenvalue weighted by molar-refractivity contribution is 6.30. The van der Waals surface area contributed by atoms with E-state index in [1.54, 1.807) is 30.3 Å². The number of carbonyl (C=O) groups is 1. The first kappa shape index (κ1) is 13.4. The van der Waals surface area contributed by atoms with Gasteiger partial charge in [0.2, 0.25) is 0 Å². The van der Waals surface area contributed by atoms with Gasteiger partial charge in [0.25, 0.3) is 5.91 Å². The number of halogens is 1. The van der Waals surface area contributed by atoms with Crippen LogP contribution in [0.4, 0.5) is 5.82 Å². The second-order valence-corrected chi connectivity index (χ2v) is 4.28. The SMILES string of the molecule is CCC(Oc1ccc(Cl)cc1)C(=O)Nc1ccon1. The van der Waals surface area contributed by atoms with Crippen LogP contribution in [0, 0.1) is 0 Å². The molecule has 100 valence electrons. The summed E-state index contributed by atoms with van der Waals surface area (Å²) in [5.41, 5.74) is 0. The molecule has 6 heteroatoms. The van der Waals surface area contributed by atoms with Crippen LogP contribution in [0.5, 0.6) is 5.75 Å². The van der Waals surface area contributed by atoms with Crippen LogP contribution in [0.2, 0.25) is 5.02 Å². The first-order chi connectivity index (χ1) is 9.19. The molecule has 0 fully saturated rings. The quantitative estimate of drug-likeness (QED) is 0.914. The Morgan fingerprint density at radius 3 is 2.74 bits per heavy atom. The van der Waals surface area contributed by atoms with Gasteiger partial charge in [0.05, 0.1) is 0 Å². The van der Waals surface area contributed by atoms with Crippen molar-refractivity contribution in [2.45, 2.75) is 19.4 Å². The predicted molar refractivity (Wildman–Crippen MR) is 71.3 cm³/mol. The molecule has 1 aromatic heterocycles. The normalized spacial score (nSPS) is 11.9. The number of ether oxygens (including phenoxy) is 1. The molecule has 0 aliphatic rings. The molecule has 1 atom stereocenters. The Hall–Kier alpha value is -2.01. The van der Waals surface area contributed by atoms with Crippen LogP contribution in [0.15, 0.2) is 41.1 Å². The molecule has 2 rings (SSSR count). The van der Waals surface area contributed by atoms with Crippen molar-refractivity contribution in [3.05, 3.63) is 41.6 Å². The van der Waals surface area contributed by atoms with E-state index in [1.807, 2.05) is 6.92 Å². The minimum Gasteiger partial charge on any atom is -0.481 e.